The average molecular weight is 391 g/mol. The smallest absolute Gasteiger partial charge is 0.262 e. The number of hydrogen-bond acceptors (Lipinski definition) is 4. The molecule has 0 saturated heterocycles. The first-order valence-corrected chi connectivity index (χ1v) is 8.87. The lowest BCUT2D eigenvalue weighted by atomic mass is 10.0. The van der Waals surface area contributed by atoms with E-state index in [1.54, 1.807) is 0 Å². The molecule has 6 heteroatoms. The van der Waals surface area contributed by atoms with Crippen LogP contribution < -0.4 is 5.56 Å². The zero-order valence-corrected chi connectivity index (χ0v) is 15.2. The largest absolute Gasteiger partial charge is 0.300 e. The molecule has 4 nitrogen and oxygen atoms in total. The quantitative estimate of drug-likeness (QED) is 0.671. The topological polar surface area (TPSA) is 52.0 Å². The second kappa shape index (κ2) is 6.37. The number of benzene rings is 1. The first kappa shape index (κ1) is 16.1. The van der Waals surface area contributed by atoms with Crippen LogP contribution in [0.5, 0.6) is 0 Å². The number of ketones is 1. The Morgan fingerprint density at radius 3 is 2.87 bits per heavy atom. The van der Waals surface area contributed by atoms with E-state index in [4.69, 9.17) is 0 Å². The Morgan fingerprint density at radius 1 is 1.35 bits per heavy atom. The maximum Gasteiger partial charge on any atom is 0.262 e. The lowest BCUT2D eigenvalue weighted by Crippen LogP contribution is -2.21. The highest BCUT2D eigenvalue weighted by Crippen LogP contribution is 2.35. The molecule has 0 fully saturated rings. The Hall–Kier alpha value is -1.79. The second-order valence-corrected chi connectivity index (χ2v) is 7.22. The first-order chi connectivity index (χ1) is 11.0. The van der Waals surface area contributed by atoms with Crippen molar-refractivity contribution in [1.82, 2.24) is 9.55 Å². The summed E-state index contributed by atoms with van der Waals surface area (Å²) in [6.07, 6.45) is 1.86. The Morgan fingerprint density at radius 2 is 2.13 bits per heavy atom. The summed E-state index contributed by atoms with van der Waals surface area (Å²) in [6.45, 7) is 3.91. The fraction of sp³-hybridized carbons (Fsp3) is 0.235. The van der Waals surface area contributed by atoms with Crippen LogP contribution in [0.1, 0.15) is 18.9 Å². The van der Waals surface area contributed by atoms with Crippen LogP contribution >= 0.6 is 27.3 Å². The van der Waals surface area contributed by atoms with Crippen molar-refractivity contribution in [3.8, 4) is 11.1 Å². The number of halogens is 1. The molecule has 118 valence electrons. The third-order valence-corrected chi connectivity index (χ3v) is 5.26. The number of carbonyl (C=O) groups excluding carboxylic acids is 1. The Labute approximate surface area is 145 Å². The molecule has 0 aliphatic rings. The van der Waals surface area contributed by atoms with E-state index in [-0.39, 0.29) is 11.3 Å². The molecule has 3 rings (SSSR count). The number of hydrogen-bond donors (Lipinski definition) is 0. The van der Waals surface area contributed by atoms with Crippen molar-refractivity contribution < 1.29 is 4.79 Å². The van der Waals surface area contributed by atoms with Gasteiger partial charge in [-0.15, -0.1) is 11.3 Å². The van der Waals surface area contributed by atoms with Crippen LogP contribution in [0.15, 0.2) is 39.2 Å². The monoisotopic (exact) mass is 390 g/mol. The van der Waals surface area contributed by atoms with Crippen molar-refractivity contribution in [3.63, 3.8) is 0 Å². The molecule has 0 amide bonds. The predicted octanol–water partition coefficient (Wildman–Crippen LogP) is 4.18. The van der Waals surface area contributed by atoms with Gasteiger partial charge in [-0.25, -0.2) is 4.98 Å². The standard InChI is InChI=1S/C17H15BrN2O2S/c1-10-3-4-14(18)12(7-10)13-8-23-16-15(13)17(22)20(9-19-16)6-5-11(2)21/h3-4,7-9H,5-6H2,1-2H3. The van der Waals surface area contributed by atoms with Gasteiger partial charge in [-0.1, -0.05) is 33.6 Å². The third-order valence-electron chi connectivity index (χ3n) is 3.68. The van der Waals surface area contributed by atoms with E-state index in [1.165, 1.54) is 29.2 Å². The van der Waals surface area contributed by atoms with Crippen molar-refractivity contribution in [2.24, 2.45) is 0 Å². The van der Waals surface area contributed by atoms with Gasteiger partial charge in [-0.05, 0) is 25.5 Å². The molecule has 3 aromatic rings. The minimum atomic E-state index is -0.0964. The number of Topliss-reactive ketones (excluding diaryl/α,β-unsaturated/α-hetero) is 1. The van der Waals surface area contributed by atoms with E-state index >= 15 is 0 Å². The van der Waals surface area contributed by atoms with Crippen LogP contribution in [0.4, 0.5) is 0 Å². The highest BCUT2D eigenvalue weighted by Gasteiger charge is 2.15. The molecule has 0 unspecified atom stereocenters. The molecule has 0 aliphatic heterocycles. The molecule has 2 heterocycles. The van der Waals surface area contributed by atoms with E-state index in [1.807, 2.05) is 24.4 Å². The van der Waals surface area contributed by atoms with Crippen molar-refractivity contribution in [2.45, 2.75) is 26.8 Å². The van der Waals surface area contributed by atoms with Crippen molar-refractivity contribution in [2.75, 3.05) is 0 Å². The summed E-state index contributed by atoms with van der Waals surface area (Å²) < 4.78 is 2.46. The number of rotatable bonds is 4. The summed E-state index contributed by atoms with van der Waals surface area (Å²) in [5, 5.41) is 2.58. The molecular weight excluding hydrogens is 376 g/mol. The van der Waals surface area contributed by atoms with E-state index < -0.39 is 0 Å². The molecule has 23 heavy (non-hydrogen) atoms. The van der Waals surface area contributed by atoms with Gasteiger partial charge in [0.15, 0.2) is 0 Å². The summed E-state index contributed by atoms with van der Waals surface area (Å²) >= 11 is 5.02. The lowest BCUT2D eigenvalue weighted by Gasteiger charge is -2.07. The summed E-state index contributed by atoms with van der Waals surface area (Å²) in [5.74, 6) is 0.0592. The summed E-state index contributed by atoms with van der Waals surface area (Å²) in [7, 11) is 0. The maximum absolute atomic E-state index is 12.8. The third kappa shape index (κ3) is 3.14. The normalized spacial score (nSPS) is 11.1. The molecule has 2 aromatic heterocycles. The minimum Gasteiger partial charge on any atom is -0.300 e. The zero-order chi connectivity index (χ0) is 16.6. The number of aromatic nitrogens is 2. The van der Waals surface area contributed by atoms with Crippen LogP contribution in [0.3, 0.4) is 0 Å². The van der Waals surface area contributed by atoms with E-state index in [0.717, 1.165) is 26.0 Å². The predicted molar refractivity (Wildman–Crippen MR) is 97.1 cm³/mol. The lowest BCUT2D eigenvalue weighted by molar-refractivity contribution is -0.117. The van der Waals surface area contributed by atoms with Crippen LogP contribution in [0.2, 0.25) is 0 Å². The summed E-state index contributed by atoms with van der Waals surface area (Å²) in [4.78, 5) is 29.1. The number of fused-ring (bicyclic) bond motifs is 1. The van der Waals surface area contributed by atoms with Crippen molar-refractivity contribution >= 4 is 43.3 Å². The van der Waals surface area contributed by atoms with Crippen molar-refractivity contribution in [1.29, 1.82) is 0 Å². The molecule has 0 aliphatic carbocycles. The van der Waals surface area contributed by atoms with Gasteiger partial charge in [0, 0.05) is 28.4 Å². The van der Waals surface area contributed by atoms with Gasteiger partial charge in [-0.3, -0.25) is 14.2 Å². The van der Waals surface area contributed by atoms with Gasteiger partial charge < -0.3 is 0 Å². The van der Waals surface area contributed by atoms with Crippen LogP contribution in [0.25, 0.3) is 21.3 Å². The van der Waals surface area contributed by atoms with Gasteiger partial charge in [0.05, 0.1) is 11.7 Å². The Balaban J connectivity index is 2.19. The fourth-order valence-electron chi connectivity index (χ4n) is 2.45. The average Bonchev–Trinajstić information content (AvgIpc) is 2.93. The molecule has 0 atom stereocenters. The maximum atomic E-state index is 12.8. The molecule has 0 N–H and O–H groups in total. The summed E-state index contributed by atoms with van der Waals surface area (Å²) in [6, 6.07) is 6.06. The Kier molecular flexibility index (Phi) is 4.46. The Bertz CT molecular complexity index is 959. The second-order valence-electron chi connectivity index (χ2n) is 5.51. The van der Waals surface area contributed by atoms with Crippen LogP contribution in [-0.4, -0.2) is 15.3 Å². The van der Waals surface area contributed by atoms with Gasteiger partial charge in [0.2, 0.25) is 0 Å². The molecule has 1 aromatic carbocycles. The minimum absolute atomic E-state index is 0.0592. The van der Waals surface area contributed by atoms with Crippen LogP contribution in [0, 0.1) is 6.92 Å². The van der Waals surface area contributed by atoms with E-state index in [9.17, 15) is 9.59 Å². The van der Waals surface area contributed by atoms with E-state index in [0.29, 0.717) is 18.4 Å². The first-order valence-electron chi connectivity index (χ1n) is 7.20. The molecular formula is C17H15BrN2O2S. The van der Waals surface area contributed by atoms with Gasteiger partial charge >= 0.3 is 0 Å². The number of aryl methyl sites for hydroxylation is 2. The molecule has 0 spiro atoms. The zero-order valence-electron chi connectivity index (χ0n) is 12.8. The van der Waals surface area contributed by atoms with E-state index in [2.05, 4.69) is 27.0 Å². The summed E-state index contributed by atoms with van der Waals surface area (Å²) in [5.41, 5.74) is 2.90. The molecule has 0 bridgehead atoms. The SMILES string of the molecule is CC(=O)CCn1cnc2scc(-c3cc(C)ccc3Br)c2c1=O. The number of thiophene rings is 1. The fourth-order valence-corrected chi connectivity index (χ4v) is 3.81. The highest BCUT2D eigenvalue weighted by molar-refractivity contribution is 9.10. The van der Waals surface area contributed by atoms with Gasteiger partial charge in [0.25, 0.3) is 5.56 Å². The number of nitrogens with zero attached hydrogens (tertiary/aromatic N) is 2. The van der Waals surface area contributed by atoms with Crippen LogP contribution in [-0.2, 0) is 11.3 Å². The highest BCUT2D eigenvalue weighted by atomic mass is 79.9. The molecule has 0 saturated carbocycles. The number of carbonyl (C=O) groups is 1. The molecule has 0 radical (unpaired) electrons. The van der Waals surface area contributed by atoms with Crippen molar-refractivity contribution in [3.05, 3.63) is 50.3 Å². The van der Waals surface area contributed by atoms with Gasteiger partial charge in [0.1, 0.15) is 10.6 Å². The van der Waals surface area contributed by atoms with Gasteiger partial charge in [-0.2, -0.15) is 0 Å².